The summed E-state index contributed by atoms with van der Waals surface area (Å²) in [5.74, 6) is 12.2. The van der Waals surface area contributed by atoms with Crippen LogP contribution in [-0.4, -0.2) is 45.7 Å². The summed E-state index contributed by atoms with van der Waals surface area (Å²) in [6, 6.07) is 2.67. The normalized spacial score (nSPS) is 51.1. The molecule has 0 N–H and O–H groups in total. The number of nitrogens with zero attached hydrogens (tertiary/aromatic N) is 1. The Balaban J connectivity index is 0.807. The second kappa shape index (κ2) is 17.0. The van der Waals surface area contributed by atoms with E-state index in [4.69, 9.17) is 4.74 Å². The maximum Gasteiger partial charge on any atom is 0.0641 e. The highest BCUT2D eigenvalue weighted by Crippen LogP contribution is 2.64. The smallest absolute Gasteiger partial charge is 0.0641 e. The first kappa shape index (κ1) is 38.2. The van der Waals surface area contributed by atoms with Crippen molar-refractivity contribution in [3.05, 3.63) is 0 Å². The summed E-state index contributed by atoms with van der Waals surface area (Å²) in [6.45, 7) is 0. The summed E-state index contributed by atoms with van der Waals surface area (Å²) in [5, 5.41) is 1.85. The van der Waals surface area contributed by atoms with E-state index in [1.54, 1.807) is 109 Å². The number of thioether (sulfide) groups is 1. The molecule has 11 rings (SSSR count). The van der Waals surface area contributed by atoms with Crippen LogP contribution in [0.2, 0.25) is 0 Å². The van der Waals surface area contributed by atoms with Crippen molar-refractivity contribution in [1.29, 1.82) is 0 Å². The van der Waals surface area contributed by atoms with E-state index in [9.17, 15) is 0 Å². The zero-order valence-corrected chi connectivity index (χ0v) is 36.4. The van der Waals surface area contributed by atoms with Crippen LogP contribution in [0.4, 0.5) is 0 Å². The molecule has 310 valence electrons. The van der Waals surface area contributed by atoms with Gasteiger partial charge in [-0.05, 0) is 168 Å². The summed E-state index contributed by atoms with van der Waals surface area (Å²) in [6.07, 6.45) is 52.1. The summed E-state index contributed by atoms with van der Waals surface area (Å²) in [4.78, 5) is 3.44. The highest BCUT2D eigenvalue weighted by molar-refractivity contribution is 8.00. The van der Waals surface area contributed by atoms with Crippen molar-refractivity contribution in [3.63, 3.8) is 0 Å². The van der Waals surface area contributed by atoms with Gasteiger partial charge in [0.2, 0.25) is 0 Å². The Morgan fingerprint density at radius 2 is 0.836 bits per heavy atom. The molecular weight excluding hydrogens is 687 g/mol. The first-order valence-corrected chi connectivity index (χ1v) is 27.3. The average Bonchev–Trinajstić information content (AvgIpc) is 3.84. The largest absolute Gasteiger partial charge is 0.374 e. The summed E-state index contributed by atoms with van der Waals surface area (Å²) in [7, 11) is 0. The van der Waals surface area contributed by atoms with Crippen LogP contribution in [0.15, 0.2) is 0 Å². The second-order valence-corrected chi connectivity index (χ2v) is 24.6. The van der Waals surface area contributed by atoms with Crippen molar-refractivity contribution in [2.75, 3.05) is 0 Å². The van der Waals surface area contributed by atoms with Crippen molar-refractivity contribution in [3.8, 4) is 0 Å². The molecule has 2 saturated heterocycles. The molecular formula is C52H85NOS. The SMILES string of the molecule is C1CCC(C2CCC(N(C3CCC(C4CCCC(C5CCCCC5)C4)CC3)C3CCCC4C5CCC6OC7C8CCCCC8CCC7C6C5SC43)CC2)CC1. The lowest BCUT2D eigenvalue weighted by molar-refractivity contribution is -0.0574. The third-order valence-corrected chi connectivity index (χ3v) is 22.9. The molecule has 2 nitrogen and oxygen atoms in total. The van der Waals surface area contributed by atoms with Gasteiger partial charge in [0.15, 0.2) is 0 Å². The minimum absolute atomic E-state index is 0.613. The summed E-state index contributed by atoms with van der Waals surface area (Å²) < 4.78 is 7.30. The van der Waals surface area contributed by atoms with Gasteiger partial charge in [0, 0.05) is 34.5 Å². The fourth-order valence-corrected chi connectivity index (χ4v) is 21.0. The molecule has 0 spiro atoms. The van der Waals surface area contributed by atoms with Crippen molar-refractivity contribution in [2.24, 2.45) is 71.0 Å². The third-order valence-electron chi connectivity index (χ3n) is 21.0. The van der Waals surface area contributed by atoms with Gasteiger partial charge in [0.05, 0.1) is 12.2 Å². The lowest BCUT2D eigenvalue weighted by atomic mass is 9.60. The van der Waals surface area contributed by atoms with Crippen LogP contribution in [0.25, 0.3) is 0 Å². The van der Waals surface area contributed by atoms with E-state index in [0.717, 1.165) is 99.6 Å². The minimum Gasteiger partial charge on any atom is -0.374 e. The molecule has 0 amide bonds. The van der Waals surface area contributed by atoms with Gasteiger partial charge in [0.1, 0.15) is 0 Å². The average molecular weight is 772 g/mol. The summed E-state index contributed by atoms with van der Waals surface area (Å²) in [5.41, 5.74) is 0. The van der Waals surface area contributed by atoms with Crippen LogP contribution in [0.3, 0.4) is 0 Å². The van der Waals surface area contributed by atoms with E-state index in [2.05, 4.69) is 16.7 Å². The Morgan fingerprint density at radius 3 is 1.55 bits per heavy atom. The highest BCUT2D eigenvalue weighted by Gasteiger charge is 2.62. The van der Waals surface area contributed by atoms with Crippen LogP contribution >= 0.6 is 11.8 Å². The molecule has 0 aromatic heterocycles. The molecule has 0 bridgehead atoms. The number of ether oxygens (including phenoxy) is 1. The number of rotatable bonds is 6. The fraction of sp³-hybridized carbons (Fsp3) is 1.00. The van der Waals surface area contributed by atoms with E-state index in [1.165, 1.54) is 103 Å². The molecule has 2 aliphatic heterocycles. The number of hydrogen-bond acceptors (Lipinski definition) is 3. The van der Waals surface area contributed by atoms with E-state index in [0.29, 0.717) is 12.2 Å². The second-order valence-electron chi connectivity index (χ2n) is 23.2. The van der Waals surface area contributed by atoms with Gasteiger partial charge >= 0.3 is 0 Å². The molecule has 2 heterocycles. The lowest BCUT2D eigenvalue weighted by Crippen LogP contribution is -2.57. The molecule has 0 aromatic carbocycles. The van der Waals surface area contributed by atoms with Gasteiger partial charge in [-0.2, -0.15) is 11.8 Å². The van der Waals surface area contributed by atoms with Crippen molar-refractivity contribution in [2.45, 2.75) is 253 Å². The lowest BCUT2D eigenvalue weighted by Gasteiger charge is -2.52. The zero-order valence-electron chi connectivity index (χ0n) is 35.6. The molecule has 0 radical (unpaired) electrons. The Kier molecular flexibility index (Phi) is 11.8. The van der Waals surface area contributed by atoms with Gasteiger partial charge < -0.3 is 4.74 Å². The van der Waals surface area contributed by atoms with Crippen LogP contribution in [-0.2, 0) is 4.74 Å². The zero-order chi connectivity index (χ0) is 36.3. The molecule has 0 aromatic rings. The van der Waals surface area contributed by atoms with Crippen molar-refractivity contribution in [1.82, 2.24) is 4.90 Å². The molecule has 11 aliphatic rings. The van der Waals surface area contributed by atoms with Crippen LogP contribution in [0.1, 0.15) is 212 Å². The first-order valence-electron chi connectivity index (χ1n) is 26.3. The quantitative estimate of drug-likeness (QED) is 0.267. The van der Waals surface area contributed by atoms with Gasteiger partial charge in [0.25, 0.3) is 0 Å². The van der Waals surface area contributed by atoms with Crippen LogP contribution < -0.4 is 0 Å². The molecule has 9 saturated carbocycles. The van der Waals surface area contributed by atoms with Crippen LogP contribution in [0.5, 0.6) is 0 Å². The Labute approximate surface area is 343 Å². The maximum absolute atomic E-state index is 7.30. The third kappa shape index (κ3) is 7.43. The standard InChI is InChI=1S/C52H85NOS/c1-3-11-34(12-4-1)36-21-26-41(27-22-36)53(42-28-23-37(24-29-42)40-17-9-16-39(33-40)35-13-5-2-6-14-35)47-20-10-19-44-45-31-32-48-49(52(45)55-51(44)47)46-30-25-38-15-7-8-18-43(38)50(46)54-48/h34-52H,1-33H2. The number of fused-ring (bicyclic) bond motifs is 9. The minimum atomic E-state index is 0.613. The molecule has 3 heteroatoms. The van der Waals surface area contributed by atoms with Gasteiger partial charge in [-0.25, -0.2) is 0 Å². The predicted molar refractivity (Wildman–Crippen MR) is 231 cm³/mol. The fourth-order valence-electron chi connectivity index (χ4n) is 18.5. The Morgan fingerprint density at radius 1 is 0.345 bits per heavy atom. The van der Waals surface area contributed by atoms with E-state index < -0.39 is 0 Å². The summed E-state index contributed by atoms with van der Waals surface area (Å²) >= 11 is 2.64. The molecule has 13 unspecified atom stereocenters. The highest BCUT2D eigenvalue weighted by atomic mass is 32.2. The monoisotopic (exact) mass is 772 g/mol. The predicted octanol–water partition coefficient (Wildman–Crippen LogP) is 14.0. The van der Waals surface area contributed by atoms with Crippen molar-refractivity contribution >= 4 is 11.8 Å². The van der Waals surface area contributed by atoms with Gasteiger partial charge in [-0.15, -0.1) is 0 Å². The Hall–Kier alpha value is 0.270. The van der Waals surface area contributed by atoms with Crippen molar-refractivity contribution < 1.29 is 4.74 Å². The number of hydrogen-bond donors (Lipinski definition) is 0. The van der Waals surface area contributed by atoms with Gasteiger partial charge in [-0.1, -0.05) is 109 Å². The molecule has 11 fully saturated rings. The van der Waals surface area contributed by atoms with Crippen LogP contribution in [0, 0.1) is 71.0 Å². The molecule has 55 heavy (non-hydrogen) atoms. The first-order chi connectivity index (χ1) is 27.3. The maximum atomic E-state index is 7.30. The molecule has 13 atom stereocenters. The van der Waals surface area contributed by atoms with E-state index >= 15 is 0 Å². The van der Waals surface area contributed by atoms with Gasteiger partial charge in [-0.3, -0.25) is 4.90 Å². The van der Waals surface area contributed by atoms with E-state index in [-0.39, 0.29) is 0 Å². The Bertz CT molecular complexity index is 1240. The molecule has 9 aliphatic carbocycles. The van der Waals surface area contributed by atoms with E-state index in [1.807, 2.05) is 0 Å². The topological polar surface area (TPSA) is 12.5 Å².